The Morgan fingerprint density at radius 1 is 1.19 bits per heavy atom. The van der Waals surface area contributed by atoms with Gasteiger partial charge in [-0.05, 0) is 36.5 Å². The van der Waals surface area contributed by atoms with Crippen LogP contribution in [0.2, 0.25) is 0 Å². The molecule has 0 bridgehead atoms. The van der Waals surface area contributed by atoms with Gasteiger partial charge in [0, 0.05) is 32.0 Å². The topological polar surface area (TPSA) is 70.6 Å². The first-order chi connectivity index (χ1) is 12.9. The van der Waals surface area contributed by atoms with Gasteiger partial charge < -0.3 is 4.90 Å². The minimum atomic E-state index is -3.40. The summed E-state index contributed by atoms with van der Waals surface area (Å²) >= 11 is 0. The number of sulfonamides is 1. The van der Waals surface area contributed by atoms with E-state index in [1.54, 1.807) is 17.3 Å². The van der Waals surface area contributed by atoms with Gasteiger partial charge in [0.25, 0.3) is 0 Å². The van der Waals surface area contributed by atoms with Crippen LogP contribution < -0.4 is 0 Å². The number of carbonyl (C=O) groups is 1. The number of carbonyl (C=O) groups excluding carboxylic acids is 1. The summed E-state index contributed by atoms with van der Waals surface area (Å²) in [7, 11) is -3.40. The van der Waals surface area contributed by atoms with Crippen molar-refractivity contribution in [3.63, 3.8) is 0 Å². The van der Waals surface area contributed by atoms with E-state index in [0.29, 0.717) is 32.5 Å². The third kappa shape index (κ3) is 5.14. The van der Waals surface area contributed by atoms with Crippen LogP contribution in [-0.4, -0.2) is 53.9 Å². The van der Waals surface area contributed by atoms with E-state index < -0.39 is 16.1 Å². The Morgan fingerprint density at radius 3 is 2.59 bits per heavy atom. The van der Waals surface area contributed by atoms with Crippen molar-refractivity contribution in [1.29, 1.82) is 0 Å². The number of aromatic nitrogens is 1. The standard InChI is InChI=1S/C20H25N3O3S/c1-27(25,26)23-13-6-10-19(23)20(24)22(16-18-9-5-12-21-15-18)14-11-17-7-3-2-4-8-17/h2-5,7-9,12,15,19H,6,10-11,13-14,16H2,1H3/t19-/m0/s1. The number of hydrogen-bond acceptors (Lipinski definition) is 4. The van der Waals surface area contributed by atoms with Gasteiger partial charge in [0.15, 0.2) is 0 Å². The number of pyridine rings is 1. The molecule has 0 radical (unpaired) electrons. The molecule has 0 saturated carbocycles. The maximum Gasteiger partial charge on any atom is 0.241 e. The van der Waals surface area contributed by atoms with Gasteiger partial charge in [0.1, 0.15) is 6.04 Å². The fourth-order valence-electron chi connectivity index (χ4n) is 3.48. The monoisotopic (exact) mass is 387 g/mol. The molecule has 27 heavy (non-hydrogen) atoms. The molecule has 1 saturated heterocycles. The summed E-state index contributed by atoms with van der Waals surface area (Å²) in [6.45, 7) is 1.37. The van der Waals surface area contributed by atoms with Gasteiger partial charge in [-0.3, -0.25) is 9.78 Å². The van der Waals surface area contributed by atoms with Crippen LogP contribution in [-0.2, 0) is 27.8 Å². The number of hydrogen-bond donors (Lipinski definition) is 0. The lowest BCUT2D eigenvalue weighted by atomic mass is 10.1. The minimum Gasteiger partial charge on any atom is -0.337 e. The van der Waals surface area contributed by atoms with Crippen molar-refractivity contribution in [1.82, 2.24) is 14.2 Å². The Morgan fingerprint density at radius 2 is 1.93 bits per heavy atom. The molecule has 1 aliphatic rings. The molecule has 7 heteroatoms. The van der Waals surface area contributed by atoms with Gasteiger partial charge in [0.2, 0.25) is 15.9 Å². The highest BCUT2D eigenvalue weighted by atomic mass is 32.2. The molecule has 1 aromatic carbocycles. The average molecular weight is 388 g/mol. The Balaban J connectivity index is 1.78. The van der Waals surface area contributed by atoms with E-state index in [1.807, 2.05) is 42.5 Å². The number of nitrogens with zero attached hydrogens (tertiary/aromatic N) is 3. The lowest BCUT2D eigenvalue weighted by Gasteiger charge is -2.29. The molecule has 2 aromatic rings. The summed E-state index contributed by atoms with van der Waals surface area (Å²) in [5.41, 5.74) is 2.08. The molecule has 0 spiro atoms. The van der Waals surface area contributed by atoms with Gasteiger partial charge in [-0.15, -0.1) is 0 Å². The Kier molecular flexibility index (Phi) is 6.23. The van der Waals surface area contributed by atoms with Crippen LogP contribution in [0.1, 0.15) is 24.0 Å². The predicted octanol–water partition coefficient (Wildman–Crippen LogP) is 2.08. The molecule has 1 aromatic heterocycles. The molecule has 2 heterocycles. The molecule has 3 rings (SSSR count). The maximum atomic E-state index is 13.2. The molecule has 0 N–H and O–H groups in total. The van der Waals surface area contributed by atoms with Crippen molar-refractivity contribution >= 4 is 15.9 Å². The van der Waals surface area contributed by atoms with Crippen molar-refractivity contribution in [3.05, 3.63) is 66.0 Å². The molecule has 0 unspecified atom stereocenters. The van der Waals surface area contributed by atoms with Gasteiger partial charge in [-0.1, -0.05) is 36.4 Å². The van der Waals surface area contributed by atoms with Crippen molar-refractivity contribution in [2.24, 2.45) is 0 Å². The number of benzene rings is 1. The SMILES string of the molecule is CS(=O)(=O)N1CCC[C@H]1C(=O)N(CCc1ccccc1)Cc1cccnc1. The number of amides is 1. The van der Waals surface area contributed by atoms with Crippen LogP contribution in [0.5, 0.6) is 0 Å². The molecule has 1 atom stereocenters. The van der Waals surface area contributed by atoms with E-state index in [4.69, 9.17) is 0 Å². The van der Waals surface area contributed by atoms with Crippen LogP contribution in [0, 0.1) is 0 Å². The zero-order valence-corrected chi connectivity index (χ0v) is 16.3. The summed E-state index contributed by atoms with van der Waals surface area (Å²) in [4.78, 5) is 19.1. The van der Waals surface area contributed by atoms with E-state index in [1.165, 1.54) is 10.6 Å². The third-order valence-corrected chi connectivity index (χ3v) is 6.12. The lowest BCUT2D eigenvalue weighted by Crippen LogP contribution is -2.47. The first kappa shape index (κ1) is 19.5. The second-order valence-electron chi connectivity index (χ2n) is 6.89. The molecule has 6 nitrogen and oxygen atoms in total. The highest BCUT2D eigenvalue weighted by molar-refractivity contribution is 7.88. The van der Waals surface area contributed by atoms with Crippen molar-refractivity contribution in [2.45, 2.75) is 31.8 Å². The van der Waals surface area contributed by atoms with Crippen LogP contribution >= 0.6 is 0 Å². The minimum absolute atomic E-state index is 0.127. The van der Waals surface area contributed by atoms with Crippen molar-refractivity contribution in [2.75, 3.05) is 19.3 Å². The van der Waals surface area contributed by atoms with Crippen LogP contribution in [0.15, 0.2) is 54.9 Å². The molecule has 1 aliphatic heterocycles. The molecule has 0 aliphatic carbocycles. The Hall–Kier alpha value is -2.25. The Bertz CT molecular complexity index is 857. The van der Waals surface area contributed by atoms with Crippen molar-refractivity contribution < 1.29 is 13.2 Å². The first-order valence-corrected chi connectivity index (χ1v) is 11.0. The second kappa shape index (κ2) is 8.63. The highest BCUT2D eigenvalue weighted by Gasteiger charge is 2.38. The third-order valence-electron chi connectivity index (χ3n) is 4.84. The highest BCUT2D eigenvalue weighted by Crippen LogP contribution is 2.23. The summed E-state index contributed by atoms with van der Waals surface area (Å²) in [5.74, 6) is -0.127. The smallest absolute Gasteiger partial charge is 0.241 e. The van der Waals surface area contributed by atoms with Crippen molar-refractivity contribution in [3.8, 4) is 0 Å². The Labute approximate surface area is 160 Å². The van der Waals surface area contributed by atoms with E-state index in [9.17, 15) is 13.2 Å². The van der Waals surface area contributed by atoms with Crippen LogP contribution in [0.4, 0.5) is 0 Å². The molecular weight excluding hydrogens is 362 g/mol. The molecule has 1 fully saturated rings. The largest absolute Gasteiger partial charge is 0.337 e. The second-order valence-corrected chi connectivity index (χ2v) is 8.82. The zero-order valence-electron chi connectivity index (χ0n) is 15.5. The summed E-state index contributed by atoms with van der Waals surface area (Å²) in [5, 5.41) is 0. The van der Waals surface area contributed by atoms with Crippen LogP contribution in [0.3, 0.4) is 0 Å². The maximum absolute atomic E-state index is 13.2. The fourth-order valence-corrected chi connectivity index (χ4v) is 4.60. The fraction of sp³-hybridized carbons (Fsp3) is 0.400. The number of rotatable bonds is 7. The summed E-state index contributed by atoms with van der Waals surface area (Å²) in [6.07, 6.45) is 6.61. The van der Waals surface area contributed by atoms with E-state index in [2.05, 4.69) is 4.98 Å². The molecule has 1 amide bonds. The van der Waals surface area contributed by atoms with Gasteiger partial charge in [-0.25, -0.2) is 8.42 Å². The van der Waals surface area contributed by atoms with E-state index in [-0.39, 0.29) is 5.91 Å². The van der Waals surface area contributed by atoms with E-state index in [0.717, 1.165) is 17.5 Å². The molecule has 144 valence electrons. The van der Waals surface area contributed by atoms with Gasteiger partial charge in [-0.2, -0.15) is 4.31 Å². The average Bonchev–Trinajstić information content (AvgIpc) is 3.16. The van der Waals surface area contributed by atoms with Gasteiger partial charge >= 0.3 is 0 Å². The quantitative estimate of drug-likeness (QED) is 0.729. The summed E-state index contributed by atoms with van der Waals surface area (Å²) < 4.78 is 25.4. The normalized spacial score (nSPS) is 17.7. The predicted molar refractivity (Wildman–Crippen MR) is 104 cm³/mol. The van der Waals surface area contributed by atoms with Crippen LogP contribution in [0.25, 0.3) is 0 Å². The first-order valence-electron chi connectivity index (χ1n) is 9.13. The van der Waals surface area contributed by atoms with E-state index >= 15 is 0 Å². The summed E-state index contributed by atoms with van der Waals surface area (Å²) in [6, 6.07) is 13.1. The molecular formula is C20H25N3O3S. The van der Waals surface area contributed by atoms with Gasteiger partial charge in [0.05, 0.1) is 6.26 Å². The zero-order chi connectivity index (χ0) is 19.3. The lowest BCUT2D eigenvalue weighted by molar-refractivity contribution is -0.135.